The van der Waals surface area contributed by atoms with Crippen molar-refractivity contribution >= 4 is 21.9 Å². The highest BCUT2D eigenvalue weighted by molar-refractivity contribution is 9.10. The van der Waals surface area contributed by atoms with Crippen LogP contribution < -0.4 is 15.4 Å². The molecule has 2 heterocycles. The summed E-state index contributed by atoms with van der Waals surface area (Å²) in [6.07, 6.45) is 4.05. The molecule has 1 aliphatic heterocycles. The first-order valence-electron chi connectivity index (χ1n) is 6.19. The SMILES string of the molecule is COc1nc(N2CCCC(C(C)N)C2)ncc1Br. The molecule has 18 heavy (non-hydrogen) atoms. The zero-order chi connectivity index (χ0) is 13.1. The van der Waals surface area contributed by atoms with Crippen LogP contribution in [0.2, 0.25) is 0 Å². The van der Waals surface area contributed by atoms with Gasteiger partial charge in [0.1, 0.15) is 0 Å². The molecular weight excluding hydrogens is 296 g/mol. The minimum atomic E-state index is 0.213. The van der Waals surface area contributed by atoms with Gasteiger partial charge >= 0.3 is 0 Å². The van der Waals surface area contributed by atoms with E-state index in [1.807, 2.05) is 0 Å². The second kappa shape index (κ2) is 5.84. The Kier molecular flexibility index (Phi) is 4.40. The van der Waals surface area contributed by atoms with Crippen molar-refractivity contribution in [3.05, 3.63) is 10.7 Å². The van der Waals surface area contributed by atoms with Crippen LogP contribution in [0.3, 0.4) is 0 Å². The first kappa shape index (κ1) is 13.5. The molecule has 2 rings (SSSR count). The fourth-order valence-electron chi connectivity index (χ4n) is 2.26. The normalized spacial score (nSPS) is 21.8. The summed E-state index contributed by atoms with van der Waals surface area (Å²) < 4.78 is 5.97. The van der Waals surface area contributed by atoms with Crippen LogP contribution in [-0.4, -0.2) is 36.2 Å². The Balaban J connectivity index is 2.15. The molecule has 2 unspecified atom stereocenters. The van der Waals surface area contributed by atoms with Crippen molar-refractivity contribution in [1.82, 2.24) is 9.97 Å². The topological polar surface area (TPSA) is 64.3 Å². The highest BCUT2D eigenvalue weighted by atomic mass is 79.9. The molecule has 0 aromatic carbocycles. The number of nitrogens with two attached hydrogens (primary N) is 1. The molecular formula is C12H19BrN4O. The van der Waals surface area contributed by atoms with Gasteiger partial charge in [0, 0.05) is 19.1 Å². The predicted molar refractivity (Wildman–Crippen MR) is 74.9 cm³/mol. The molecule has 6 heteroatoms. The van der Waals surface area contributed by atoms with Gasteiger partial charge in [0.15, 0.2) is 0 Å². The first-order valence-corrected chi connectivity index (χ1v) is 6.98. The molecule has 1 aromatic rings. The van der Waals surface area contributed by atoms with Crippen molar-refractivity contribution in [2.45, 2.75) is 25.8 Å². The molecule has 0 radical (unpaired) electrons. The summed E-state index contributed by atoms with van der Waals surface area (Å²) in [4.78, 5) is 11.0. The molecule has 100 valence electrons. The number of ether oxygens (including phenoxy) is 1. The molecule has 2 atom stereocenters. The third kappa shape index (κ3) is 2.92. The standard InChI is InChI=1S/C12H19BrN4O/c1-8(14)9-4-3-5-17(7-9)12-15-6-10(13)11(16-12)18-2/h6,8-9H,3-5,7,14H2,1-2H3. The van der Waals surface area contributed by atoms with Gasteiger partial charge in [-0.15, -0.1) is 0 Å². The molecule has 0 amide bonds. The maximum atomic E-state index is 5.99. The van der Waals surface area contributed by atoms with Gasteiger partial charge in [-0.25, -0.2) is 4.98 Å². The van der Waals surface area contributed by atoms with Gasteiger partial charge in [-0.3, -0.25) is 0 Å². The maximum Gasteiger partial charge on any atom is 0.232 e. The molecule has 0 saturated carbocycles. The fraction of sp³-hybridized carbons (Fsp3) is 0.667. The van der Waals surface area contributed by atoms with Crippen LogP contribution in [0.4, 0.5) is 5.95 Å². The molecule has 0 bridgehead atoms. The lowest BCUT2D eigenvalue weighted by Crippen LogP contribution is -2.43. The van der Waals surface area contributed by atoms with Crippen LogP contribution in [-0.2, 0) is 0 Å². The minimum Gasteiger partial charge on any atom is -0.480 e. The van der Waals surface area contributed by atoms with E-state index in [1.54, 1.807) is 13.3 Å². The van der Waals surface area contributed by atoms with Crippen LogP contribution in [0.15, 0.2) is 10.7 Å². The molecule has 1 fully saturated rings. The van der Waals surface area contributed by atoms with Crippen molar-refractivity contribution in [2.75, 3.05) is 25.1 Å². The van der Waals surface area contributed by atoms with Crippen LogP contribution in [0.1, 0.15) is 19.8 Å². The number of aromatic nitrogens is 2. The number of halogens is 1. The molecule has 1 saturated heterocycles. The van der Waals surface area contributed by atoms with E-state index in [2.05, 4.69) is 37.7 Å². The Morgan fingerprint density at radius 1 is 1.61 bits per heavy atom. The van der Waals surface area contributed by atoms with Gasteiger partial charge < -0.3 is 15.4 Å². The van der Waals surface area contributed by atoms with Gasteiger partial charge in [0.05, 0.1) is 17.8 Å². The molecule has 0 aliphatic carbocycles. The Morgan fingerprint density at radius 3 is 3.06 bits per heavy atom. The van der Waals surface area contributed by atoms with E-state index in [-0.39, 0.29) is 6.04 Å². The average Bonchev–Trinajstić information content (AvgIpc) is 2.39. The van der Waals surface area contributed by atoms with E-state index in [9.17, 15) is 0 Å². The zero-order valence-corrected chi connectivity index (χ0v) is 12.4. The maximum absolute atomic E-state index is 5.99. The first-order chi connectivity index (χ1) is 8.61. The number of piperidine rings is 1. The number of hydrogen-bond acceptors (Lipinski definition) is 5. The highest BCUT2D eigenvalue weighted by Crippen LogP contribution is 2.26. The van der Waals surface area contributed by atoms with E-state index >= 15 is 0 Å². The number of nitrogens with zero attached hydrogens (tertiary/aromatic N) is 3. The Bertz CT molecular complexity index is 413. The van der Waals surface area contributed by atoms with Crippen LogP contribution >= 0.6 is 15.9 Å². The fourth-order valence-corrected chi connectivity index (χ4v) is 2.61. The van der Waals surface area contributed by atoms with E-state index in [1.165, 1.54) is 6.42 Å². The molecule has 1 aliphatic rings. The summed E-state index contributed by atoms with van der Waals surface area (Å²) in [5.74, 6) is 1.81. The monoisotopic (exact) mass is 314 g/mol. The lowest BCUT2D eigenvalue weighted by Gasteiger charge is -2.34. The summed E-state index contributed by atoms with van der Waals surface area (Å²) in [6, 6.07) is 0.213. The summed E-state index contributed by atoms with van der Waals surface area (Å²) >= 11 is 3.36. The molecule has 0 spiro atoms. The van der Waals surface area contributed by atoms with Gasteiger partial charge in [-0.1, -0.05) is 0 Å². The Labute approximate surface area is 116 Å². The van der Waals surface area contributed by atoms with Gasteiger partial charge in [0.25, 0.3) is 0 Å². The summed E-state index contributed by atoms with van der Waals surface area (Å²) in [5.41, 5.74) is 5.99. The zero-order valence-electron chi connectivity index (χ0n) is 10.8. The molecule has 2 N–H and O–H groups in total. The Morgan fingerprint density at radius 2 is 2.39 bits per heavy atom. The van der Waals surface area contributed by atoms with Crippen molar-refractivity contribution in [3.63, 3.8) is 0 Å². The number of methoxy groups -OCH3 is 1. The smallest absolute Gasteiger partial charge is 0.232 e. The van der Waals surface area contributed by atoms with Crippen LogP contribution in [0.5, 0.6) is 5.88 Å². The lowest BCUT2D eigenvalue weighted by atomic mass is 9.92. The van der Waals surface area contributed by atoms with Crippen molar-refractivity contribution in [2.24, 2.45) is 11.7 Å². The van der Waals surface area contributed by atoms with Crippen molar-refractivity contribution < 1.29 is 4.74 Å². The quantitative estimate of drug-likeness (QED) is 0.921. The number of anilines is 1. The highest BCUT2D eigenvalue weighted by Gasteiger charge is 2.24. The largest absolute Gasteiger partial charge is 0.480 e. The van der Waals surface area contributed by atoms with Crippen molar-refractivity contribution in [3.8, 4) is 5.88 Å². The van der Waals surface area contributed by atoms with Gasteiger partial charge in [-0.05, 0) is 41.6 Å². The van der Waals surface area contributed by atoms with Crippen LogP contribution in [0.25, 0.3) is 0 Å². The predicted octanol–water partition coefficient (Wildman–Crippen LogP) is 1.81. The average molecular weight is 315 g/mol. The van der Waals surface area contributed by atoms with E-state index in [0.717, 1.165) is 29.9 Å². The Hall–Kier alpha value is -0.880. The second-order valence-electron chi connectivity index (χ2n) is 4.73. The minimum absolute atomic E-state index is 0.213. The third-order valence-electron chi connectivity index (χ3n) is 3.38. The van der Waals surface area contributed by atoms with E-state index in [0.29, 0.717) is 11.8 Å². The summed E-state index contributed by atoms with van der Waals surface area (Å²) in [7, 11) is 1.61. The van der Waals surface area contributed by atoms with E-state index < -0.39 is 0 Å². The van der Waals surface area contributed by atoms with Gasteiger partial charge in [0.2, 0.25) is 11.8 Å². The van der Waals surface area contributed by atoms with E-state index in [4.69, 9.17) is 10.5 Å². The van der Waals surface area contributed by atoms with Gasteiger partial charge in [-0.2, -0.15) is 4.98 Å². The number of rotatable bonds is 3. The lowest BCUT2D eigenvalue weighted by molar-refractivity contribution is 0.358. The third-order valence-corrected chi connectivity index (χ3v) is 3.92. The van der Waals surface area contributed by atoms with Crippen molar-refractivity contribution in [1.29, 1.82) is 0 Å². The summed E-state index contributed by atoms with van der Waals surface area (Å²) in [5, 5.41) is 0. The van der Waals surface area contributed by atoms with Crippen LogP contribution in [0, 0.1) is 5.92 Å². The molecule has 5 nitrogen and oxygen atoms in total. The second-order valence-corrected chi connectivity index (χ2v) is 5.59. The molecule has 1 aromatic heterocycles. The number of hydrogen-bond donors (Lipinski definition) is 1. The summed E-state index contributed by atoms with van der Waals surface area (Å²) in [6.45, 7) is 3.97.